The predicted molar refractivity (Wildman–Crippen MR) is 120 cm³/mol. The van der Waals surface area contributed by atoms with Gasteiger partial charge in [0.15, 0.2) is 0 Å². The fourth-order valence-corrected chi connectivity index (χ4v) is 4.80. The van der Waals surface area contributed by atoms with Crippen LogP contribution in [0.1, 0.15) is 72.6 Å². The van der Waals surface area contributed by atoms with Crippen molar-refractivity contribution in [2.75, 3.05) is 0 Å². The standard InChI is InChI=1S/C27H29Cl/c1-20(22-5-3-2-4-6-22)19-21-7-9-23(10-8-21)24-11-13-25(14-12-24)26-15-17-27(28)18-16-26/h2-10,15-18,20,24-25H,11-14,19H2,1H3. The Morgan fingerprint density at radius 3 is 1.75 bits per heavy atom. The third kappa shape index (κ3) is 4.67. The average molecular weight is 389 g/mol. The molecule has 0 aliphatic heterocycles. The van der Waals surface area contributed by atoms with Crippen molar-refractivity contribution < 1.29 is 0 Å². The molecule has 1 heteroatoms. The van der Waals surface area contributed by atoms with Gasteiger partial charge in [-0.3, -0.25) is 0 Å². The number of hydrogen-bond acceptors (Lipinski definition) is 0. The zero-order valence-electron chi connectivity index (χ0n) is 16.7. The maximum absolute atomic E-state index is 6.03. The second-order valence-corrected chi connectivity index (χ2v) is 8.79. The molecular weight excluding hydrogens is 360 g/mol. The van der Waals surface area contributed by atoms with E-state index in [9.17, 15) is 0 Å². The van der Waals surface area contributed by atoms with Gasteiger partial charge in [-0.25, -0.2) is 0 Å². The van der Waals surface area contributed by atoms with Crippen LogP contribution in [0.3, 0.4) is 0 Å². The summed E-state index contributed by atoms with van der Waals surface area (Å²) in [5.41, 5.74) is 5.83. The first-order valence-corrected chi connectivity index (χ1v) is 11.0. The van der Waals surface area contributed by atoms with Crippen LogP contribution in [0.5, 0.6) is 0 Å². The second kappa shape index (κ2) is 8.97. The first-order valence-electron chi connectivity index (χ1n) is 10.6. The van der Waals surface area contributed by atoms with E-state index in [1.807, 2.05) is 12.1 Å². The normalized spacial score (nSPS) is 20.6. The minimum absolute atomic E-state index is 0.557. The molecule has 4 rings (SSSR count). The highest BCUT2D eigenvalue weighted by molar-refractivity contribution is 6.30. The summed E-state index contributed by atoms with van der Waals surface area (Å²) in [6.07, 6.45) is 6.23. The first-order chi connectivity index (χ1) is 13.7. The third-order valence-corrected chi connectivity index (χ3v) is 6.68. The van der Waals surface area contributed by atoms with Crippen LogP contribution in [0.2, 0.25) is 5.02 Å². The molecule has 0 amide bonds. The Morgan fingerprint density at radius 2 is 1.21 bits per heavy atom. The van der Waals surface area contributed by atoms with E-state index in [0.29, 0.717) is 17.8 Å². The van der Waals surface area contributed by atoms with Gasteiger partial charge in [0.25, 0.3) is 0 Å². The molecule has 1 unspecified atom stereocenters. The molecule has 0 N–H and O–H groups in total. The number of rotatable bonds is 5. The Balaban J connectivity index is 1.34. The highest BCUT2D eigenvalue weighted by Crippen LogP contribution is 2.40. The zero-order chi connectivity index (χ0) is 19.3. The lowest BCUT2D eigenvalue weighted by atomic mass is 9.76. The minimum Gasteiger partial charge on any atom is -0.0843 e. The van der Waals surface area contributed by atoms with Gasteiger partial charge in [-0.2, -0.15) is 0 Å². The van der Waals surface area contributed by atoms with E-state index in [4.69, 9.17) is 11.6 Å². The Hall–Kier alpha value is -2.05. The summed E-state index contributed by atoms with van der Waals surface area (Å²) >= 11 is 6.03. The van der Waals surface area contributed by atoms with Crippen molar-refractivity contribution in [2.24, 2.45) is 0 Å². The highest BCUT2D eigenvalue weighted by atomic mass is 35.5. The van der Waals surface area contributed by atoms with Crippen molar-refractivity contribution in [3.63, 3.8) is 0 Å². The number of hydrogen-bond donors (Lipinski definition) is 0. The van der Waals surface area contributed by atoms with E-state index in [-0.39, 0.29) is 0 Å². The third-order valence-electron chi connectivity index (χ3n) is 6.43. The van der Waals surface area contributed by atoms with Gasteiger partial charge in [-0.15, -0.1) is 0 Å². The van der Waals surface area contributed by atoms with Crippen LogP contribution in [0.15, 0.2) is 78.9 Å². The van der Waals surface area contributed by atoms with Crippen LogP contribution in [-0.4, -0.2) is 0 Å². The molecule has 0 radical (unpaired) electrons. The molecule has 0 bridgehead atoms. The van der Waals surface area contributed by atoms with E-state index < -0.39 is 0 Å². The minimum atomic E-state index is 0.557. The van der Waals surface area contributed by atoms with Crippen molar-refractivity contribution >= 4 is 11.6 Å². The summed E-state index contributed by atoms with van der Waals surface area (Å²) in [6.45, 7) is 2.32. The number of benzene rings is 3. The van der Waals surface area contributed by atoms with Crippen molar-refractivity contribution in [1.29, 1.82) is 0 Å². The summed E-state index contributed by atoms with van der Waals surface area (Å²) in [6, 6.07) is 28.7. The lowest BCUT2D eigenvalue weighted by Gasteiger charge is -2.29. The quantitative estimate of drug-likeness (QED) is 0.413. The van der Waals surface area contributed by atoms with E-state index in [0.717, 1.165) is 11.4 Å². The molecular formula is C27H29Cl. The molecule has 1 atom stereocenters. The maximum Gasteiger partial charge on any atom is 0.0406 e. The second-order valence-electron chi connectivity index (χ2n) is 8.36. The van der Waals surface area contributed by atoms with Gasteiger partial charge in [0.05, 0.1) is 0 Å². The molecule has 0 heterocycles. The van der Waals surface area contributed by atoms with E-state index in [1.165, 1.54) is 47.9 Å². The van der Waals surface area contributed by atoms with Gasteiger partial charge in [0.1, 0.15) is 0 Å². The fraction of sp³-hybridized carbons (Fsp3) is 0.333. The fourth-order valence-electron chi connectivity index (χ4n) is 4.67. The maximum atomic E-state index is 6.03. The Morgan fingerprint density at radius 1 is 0.714 bits per heavy atom. The molecule has 1 fully saturated rings. The Bertz CT molecular complexity index is 856. The van der Waals surface area contributed by atoms with Gasteiger partial charge < -0.3 is 0 Å². The van der Waals surface area contributed by atoms with Crippen molar-refractivity contribution in [1.82, 2.24) is 0 Å². The SMILES string of the molecule is CC(Cc1ccc(C2CCC(c3ccc(Cl)cc3)CC2)cc1)c1ccccc1. The van der Waals surface area contributed by atoms with Gasteiger partial charge in [0.2, 0.25) is 0 Å². The van der Waals surface area contributed by atoms with E-state index in [1.54, 1.807) is 0 Å². The summed E-state index contributed by atoms with van der Waals surface area (Å²) in [5, 5.41) is 0.833. The summed E-state index contributed by atoms with van der Waals surface area (Å²) in [7, 11) is 0. The lowest BCUT2D eigenvalue weighted by molar-refractivity contribution is 0.396. The molecule has 3 aromatic rings. The summed E-state index contributed by atoms with van der Waals surface area (Å²) in [4.78, 5) is 0. The molecule has 1 aliphatic rings. The Labute approximate surface area is 174 Å². The Kier molecular flexibility index (Phi) is 6.17. The topological polar surface area (TPSA) is 0 Å². The smallest absolute Gasteiger partial charge is 0.0406 e. The van der Waals surface area contributed by atoms with Crippen molar-refractivity contribution in [2.45, 2.75) is 56.8 Å². The van der Waals surface area contributed by atoms with Crippen LogP contribution in [0.4, 0.5) is 0 Å². The van der Waals surface area contributed by atoms with Crippen molar-refractivity contribution in [3.8, 4) is 0 Å². The monoisotopic (exact) mass is 388 g/mol. The highest BCUT2D eigenvalue weighted by Gasteiger charge is 2.23. The van der Waals surface area contributed by atoms with Gasteiger partial charge >= 0.3 is 0 Å². The molecule has 3 aromatic carbocycles. The molecule has 1 saturated carbocycles. The lowest BCUT2D eigenvalue weighted by Crippen LogP contribution is -2.12. The molecule has 0 nitrogen and oxygen atoms in total. The van der Waals surface area contributed by atoms with Crippen LogP contribution in [-0.2, 0) is 6.42 Å². The molecule has 144 valence electrons. The van der Waals surface area contributed by atoms with E-state index >= 15 is 0 Å². The van der Waals surface area contributed by atoms with Gasteiger partial charge in [-0.05, 0) is 84.2 Å². The van der Waals surface area contributed by atoms with Crippen LogP contribution in [0, 0.1) is 0 Å². The molecule has 1 aliphatic carbocycles. The van der Waals surface area contributed by atoms with E-state index in [2.05, 4.69) is 73.7 Å². The molecule has 0 aromatic heterocycles. The van der Waals surface area contributed by atoms with Gasteiger partial charge in [0, 0.05) is 5.02 Å². The zero-order valence-corrected chi connectivity index (χ0v) is 17.4. The molecule has 28 heavy (non-hydrogen) atoms. The number of halogens is 1. The average Bonchev–Trinajstić information content (AvgIpc) is 2.76. The first kappa shape index (κ1) is 19.3. The largest absolute Gasteiger partial charge is 0.0843 e. The predicted octanol–water partition coefficient (Wildman–Crippen LogP) is 8.13. The molecule has 0 spiro atoms. The van der Waals surface area contributed by atoms with Crippen LogP contribution >= 0.6 is 11.6 Å². The summed E-state index contributed by atoms with van der Waals surface area (Å²) < 4.78 is 0. The van der Waals surface area contributed by atoms with Gasteiger partial charge in [-0.1, -0.05) is 85.3 Å². The van der Waals surface area contributed by atoms with Crippen molar-refractivity contribution in [3.05, 3.63) is 106 Å². The molecule has 0 saturated heterocycles. The summed E-state index contributed by atoms with van der Waals surface area (Å²) in [5.74, 6) is 1.96. The van der Waals surface area contributed by atoms with Crippen LogP contribution in [0.25, 0.3) is 0 Å². The van der Waals surface area contributed by atoms with Crippen LogP contribution < -0.4 is 0 Å².